The van der Waals surface area contributed by atoms with E-state index < -0.39 is 5.60 Å². The SMILES string of the molecule is CCOc1cccc(CNCC(C)(O)CC(C)C)c1. The largest absolute Gasteiger partial charge is 0.494 e. The lowest BCUT2D eigenvalue weighted by atomic mass is 9.94. The standard InChI is InChI=1S/C16H27NO2/c1-5-19-15-8-6-7-14(9-15)11-17-12-16(4,18)10-13(2)3/h6-9,13,17-18H,5,10-12H2,1-4H3. The normalized spacial score (nSPS) is 14.4. The van der Waals surface area contributed by atoms with Gasteiger partial charge in [-0.15, -0.1) is 0 Å². The third-order valence-corrected chi connectivity index (χ3v) is 2.89. The maximum Gasteiger partial charge on any atom is 0.119 e. The summed E-state index contributed by atoms with van der Waals surface area (Å²) in [4.78, 5) is 0. The molecule has 2 N–H and O–H groups in total. The van der Waals surface area contributed by atoms with E-state index in [-0.39, 0.29) is 0 Å². The molecule has 1 atom stereocenters. The Morgan fingerprint density at radius 3 is 2.74 bits per heavy atom. The van der Waals surface area contributed by atoms with Crippen LogP contribution in [0.1, 0.15) is 39.7 Å². The van der Waals surface area contributed by atoms with Gasteiger partial charge in [0.15, 0.2) is 0 Å². The second-order valence-electron chi connectivity index (χ2n) is 5.78. The highest BCUT2D eigenvalue weighted by molar-refractivity contribution is 5.28. The van der Waals surface area contributed by atoms with Gasteiger partial charge in [-0.05, 0) is 43.9 Å². The van der Waals surface area contributed by atoms with Crippen molar-refractivity contribution in [2.45, 2.75) is 46.3 Å². The smallest absolute Gasteiger partial charge is 0.119 e. The molecule has 1 unspecified atom stereocenters. The average Bonchev–Trinajstić information content (AvgIpc) is 2.27. The summed E-state index contributed by atoms with van der Waals surface area (Å²) in [7, 11) is 0. The van der Waals surface area contributed by atoms with E-state index in [0.29, 0.717) is 19.1 Å². The van der Waals surface area contributed by atoms with Gasteiger partial charge in [0.1, 0.15) is 5.75 Å². The lowest BCUT2D eigenvalue weighted by molar-refractivity contribution is 0.0383. The van der Waals surface area contributed by atoms with Crippen molar-refractivity contribution < 1.29 is 9.84 Å². The van der Waals surface area contributed by atoms with E-state index in [1.54, 1.807) is 0 Å². The molecular formula is C16H27NO2. The fourth-order valence-corrected chi connectivity index (χ4v) is 2.34. The minimum atomic E-state index is -0.647. The van der Waals surface area contributed by atoms with Crippen LogP contribution in [0.2, 0.25) is 0 Å². The maximum absolute atomic E-state index is 10.2. The first-order valence-corrected chi connectivity index (χ1v) is 7.08. The van der Waals surface area contributed by atoms with Crippen molar-refractivity contribution in [3.05, 3.63) is 29.8 Å². The number of aliphatic hydroxyl groups is 1. The highest BCUT2D eigenvalue weighted by Crippen LogP contribution is 2.16. The summed E-state index contributed by atoms with van der Waals surface area (Å²) in [6, 6.07) is 8.05. The second-order valence-corrected chi connectivity index (χ2v) is 5.78. The van der Waals surface area contributed by atoms with Gasteiger partial charge in [-0.2, -0.15) is 0 Å². The van der Waals surface area contributed by atoms with E-state index in [9.17, 15) is 5.11 Å². The van der Waals surface area contributed by atoms with Crippen LogP contribution in [0.4, 0.5) is 0 Å². The predicted molar refractivity (Wildman–Crippen MR) is 79.4 cm³/mol. The summed E-state index contributed by atoms with van der Waals surface area (Å²) in [5, 5.41) is 13.5. The van der Waals surface area contributed by atoms with Gasteiger partial charge in [-0.1, -0.05) is 26.0 Å². The van der Waals surface area contributed by atoms with Gasteiger partial charge in [0.05, 0.1) is 12.2 Å². The Bertz CT molecular complexity index is 375. The van der Waals surface area contributed by atoms with Crippen molar-refractivity contribution in [3.8, 4) is 5.75 Å². The molecule has 3 nitrogen and oxygen atoms in total. The molecule has 3 heteroatoms. The van der Waals surface area contributed by atoms with Crippen molar-refractivity contribution in [2.75, 3.05) is 13.2 Å². The van der Waals surface area contributed by atoms with Gasteiger partial charge >= 0.3 is 0 Å². The summed E-state index contributed by atoms with van der Waals surface area (Å²) < 4.78 is 5.47. The van der Waals surface area contributed by atoms with Crippen LogP contribution in [-0.4, -0.2) is 23.9 Å². The lowest BCUT2D eigenvalue weighted by Crippen LogP contribution is -2.38. The van der Waals surface area contributed by atoms with Gasteiger partial charge in [0.25, 0.3) is 0 Å². The highest BCUT2D eigenvalue weighted by Gasteiger charge is 2.20. The van der Waals surface area contributed by atoms with Crippen molar-refractivity contribution in [3.63, 3.8) is 0 Å². The minimum absolute atomic E-state index is 0.498. The molecule has 0 spiro atoms. The van der Waals surface area contributed by atoms with Crippen LogP contribution in [0.5, 0.6) is 5.75 Å². The molecule has 1 rings (SSSR count). The molecule has 0 aromatic heterocycles. The number of nitrogens with one attached hydrogen (secondary N) is 1. The van der Waals surface area contributed by atoms with Gasteiger partial charge in [0, 0.05) is 13.1 Å². The van der Waals surface area contributed by atoms with Crippen LogP contribution in [0.15, 0.2) is 24.3 Å². The maximum atomic E-state index is 10.2. The Morgan fingerprint density at radius 1 is 1.37 bits per heavy atom. The fourth-order valence-electron chi connectivity index (χ4n) is 2.34. The molecule has 0 saturated carbocycles. The van der Waals surface area contributed by atoms with Gasteiger partial charge < -0.3 is 15.2 Å². The number of benzene rings is 1. The van der Waals surface area contributed by atoms with E-state index >= 15 is 0 Å². The molecule has 0 aliphatic rings. The van der Waals surface area contributed by atoms with Crippen LogP contribution >= 0.6 is 0 Å². The number of hydrogen-bond acceptors (Lipinski definition) is 3. The van der Waals surface area contributed by atoms with Crippen LogP contribution in [0.3, 0.4) is 0 Å². The average molecular weight is 265 g/mol. The van der Waals surface area contributed by atoms with Crippen LogP contribution < -0.4 is 10.1 Å². The van der Waals surface area contributed by atoms with Crippen LogP contribution in [0.25, 0.3) is 0 Å². The first kappa shape index (κ1) is 16.0. The van der Waals surface area contributed by atoms with E-state index in [0.717, 1.165) is 18.7 Å². The molecule has 0 aliphatic heterocycles. The van der Waals surface area contributed by atoms with Crippen molar-refractivity contribution in [1.29, 1.82) is 0 Å². The topological polar surface area (TPSA) is 41.5 Å². The van der Waals surface area contributed by atoms with Gasteiger partial charge in [-0.3, -0.25) is 0 Å². The van der Waals surface area contributed by atoms with Crippen LogP contribution in [-0.2, 0) is 6.54 Å². The highest BCUT2D eigenvalue weighted by atomic mass is 16.5. The molecule has 0 aliphatic carbocycles. The molecule has 1 aromatic rings. The Hall–Kier alpha value is -1.06. The molecule has 0 radical (unpaired) electrons. The lowest BCUT2D eigenvalue weighted by Gasteiger charge is -2.25. The number of ether oxygens (including phenoxy) is 1. The molecule has 1 aromatic carbocycles. The van der Waals surface area contributed by atoms with E-state index in [4.69, 9.17) is 4.74 Å². The van der Waals surface area contributed by atoms with E-state index in [2.05, 4.69) is 25.2 Å². The Labute approximate surface area is 117 Å². The van der Waals surface area contributed by atoms with Crippen LogP contribution in [0, 0.1) is 5.92 Å². The van der Waals surface area contributed by atoms with Crippen molar-refractivity contribution in [1.82, 2.24) is 5.32 Å². The van der Waals surface area contributed by atoms with Crippen molar-refractivity contribution in [2.24, 2.45) is 5.92 Å². The monoisotopic (exact) mass is 265 g/mol. The van der Waals surface area contributed by atoms with Crippen molar-refractivity contribution >= 4 is 0 Å². The first-order chi connectivity index (χ1) is 8.93. The fraction of sp³-hybridized carbons (Fsp3) is 0.625. The molecule has 0 saturated heterocycles. The third-order valence-electron chi connectivity index (χ3n) is 2.89. The van der Waals surface area contributed by atoms with Gasteiger partial charge in [0.2, 0.25) is 0 Å². The second kappa shape index (κ2) is 7.51. The summed E-state index contributed by atoms with van der Waals surface area (Å²) in [5.74, 6) is 1.40. The molecule has 19 heavy (non-hydrogen) atoms. The molecule has 108 valence electrons. The zero-order valence-corrected chi connectivity index (χ0v) is 12.6. The summed E-state index contributed by atoms with van der Waals surface area (Å²) >= 11 is 0. The Morgan fingerprint density at radius 2 is 2.11 bits per heavy atom. The molecule has 0 heterocycles. The number of rotatable bonds is 8. The first-order valence-electron chi connectivity index (χ1n) is 7.08. The molecule has 0 amide bonds. The molecular weight excluding hydrogens is 238 g/mol. The number of hydrogen-bond donors (Lipinski definition) is 2. The third kappa shape index (κ3) is 6.60. The Kier molecular flexibility index (Phi) is 6.32. The molecule has 0 fully saturated rings. The zero-order chi connectivity index (χ0) is 14.3. The molecule has 0 bridgehead atoms. The Balaban J connectivity index is 2.42. The van der Waals surface area contributed by atoms with Gasteiger partial charge in [-0.25, -0.2) is 0 Å². The summed E-state index contributed by atoms with van der Waals surface area (Å²) in [5.41, 5.74) is 0.525. The summed E-state index contributed by atoms with van der Waals surface area (Å²) in [6.45, 7) is 10.1. The zero-order valence-electron chi connectivity index (χ0n) is 12.6. The quantitative estimate of drug-likeness (QED) is 0.759. The predicted octanol–water partition coefficient (Wildman–Crippen LogP) is 2.97. The summed E-state index contributed by atoms with van der Waals surface area (Å²) in [6.07, 6.45) is 0.805. The van der Waals surface area contributed by atoms with E-state index in [1.807, 2.05) is 32.0 Å². The van der Waals surface area contributed by atoms with E-state index in [1.165, 1.54) is 5.56 Å². The minimum Gasteiger partial charge on any atom is -0.494 e.